The monoisotopic (exact) mass is 1590 g/mol. The van der Waals surface area contributed by atoms with E-state index < -0.39 is 98.0 Å². The quantitative estimate of drug-likeness (QED) is 0.0258. The Kier molecular flexibility index (Phi) is 28.3. The molecule has 13 rings (SSSR count). The number of ketones is 6. The number of carbonyl (C=O) groups is 9. The van der Waals surface area contributed by atoms with E-state index in [2.05, 4.69) is 17.6 Å². The number of phenolic OH excluding ortho intramolecular Hbond substituents is 2. The molecule has 3 radical (unpaired) electrons. The van der Waals surface area contributed by atoms with Gasteiger partial charge in [-0.15, -0.1) is 0 Å². The number of piperazine rings is 1. The van der Waals surface area contributed by atoms with Gasteiger partial charge in [-0.05, 0) is 99.4 Å². The predicted octanol–water partition coefficient (Wildman–Crippen LogP) is 1.67. The van der Waals surface area contributed by atoms with Gasteiger partial charge >= 0.3 is 12.2 Å². The zero-order valence-corrected chi connectivity index (χ0v) is 65.4. The number of hydrogen-bond donors (Lipinski definition) is 6. The Morgan fingerprint density at radius 2 is 1.15 bits per heavy atom. The number of phenols is 2. The molecule has 5 unspecified atom stereocenters. The Hall–Kier alpha value is -8.61. The number of amides is 2. The third-order valence-corrected chi connectivity index (χ3v) is 23.5. The average Bonchev–Trinajstić information content (AvgIpc) is 1.61. The van der Waals surface area contributed by atoms with Crippen molar-refractivity contribution in [3.05, 3.63) is 145 Å². The van der Waals surface area contributed by atoms with Gasteiger partial charge in [0, 0.05) is 114 Å². The first kappa shape index (κ1) is 87.4. The largest absolute Gasteiger partial charge is 1.00 e. The molecule has 2 amide bonds. The molecule has 2 saturated carbocycles. The Labute approximate surface area is 656 Å². The molecule has 4 fully saturated rings. The predicted molar refractivity (Wildman–Crippen MR) is 393 cm³/mol. The van der Waals surface area contributed by atoms with E-state index in [1.165, 1.54) is 59.4 Å². The van der Waals surface area contributed by atoms with Crippen LogP contribution in [0.3, 0.4) is 0 Å². The molecule has 0 spiro atoms. The van der Waals surface area contributed by atoms with E-state index in [0.29, 0.717) is 69.3 Å². The first-order chi connectivity index (χ1) is 52.3. The maximum Gasteiger partial charge on any atom is 0.410 e. The molecule has 2 aliphatic heterocycles. The van der Waals surface area contributed by atoms with Crippen molar-refractivity contribution in [2.24, 2.45) is 11.8 Å². The Morgan fingerprint density at radius 3 is 1.63 bits per heavy atom. The smallest absolute Gasteiger partial charge is 0.410 e. The van der Waals surface area contributed by atoms with Crippen LogP contribution in [-0.2, 0) is 74.7 Å². The van der Waals surface area contributed by atoms with Crippen molar-refractivity contribution in [3.63, 3.8) is 0 Å². The van der Waals surface area contributed by atoms with Crippen LogP contribution in [0.4, 0.5) is 9.59 Å². The van der Waals surface area contributed by atoms with Crippen LogP contribution in [0.2, 0.25) is 0 Å². The van der Waals surface area contributed by atoms with Crippen LogP contribution >= 0.6 is 0 Å². The van der Waals surface area contributed by atoms with E-state index in [4.69, 9.17) is 46.8 Å². The van der Waals surface area contributed by atoms with Gasteiger partial charge in [0.15, 0.2) is 34.7 Å². The number of halogens is 1. The fourth-order valence-electron chi connectivity index (χ4n) is 16.2. The molecule has 2 saturated heterocycles. The van der Waals surface area contributed by atoms with Crippen molar-refractivity contribution in [1.82, 2.24) is 14.7 Å². The molecule has 112 heavy (non-hydrogen) atoms. The third-order valence-electron chi connectivity index (χ3n) is 22.2. The summed E-state index contributed by atoms with van der Waals surface area (Å²) in [5, 5.41) is 56.1. The number of hydrogen-bond acceptors (Lipinski definition) is 27. The number of quaternary nitrogens is 1. The number of aromatic hydroxyl groups is 2. The second kappa shape index (κ2) is 36.3. The number of benzene rings is 5. The molecule has 8 N–H and O–H groups in total. The van der Waals surface area contributed by atoms with Gasteiger partial charge in [0.2, 0.25) is 0 Å². The Balaban J connectivity index is 0.000000203. The van der Waals surface area contributed by atoms with Crippen LogP contribution in [0.25, 0.3) is 0 Å². The van der Waals surface area contributed by atoms with Crippen LogP contribution in [-0.4, -0.2) is 258 Å². The maximum absolute atomic E-state index is 13.9. The van der Waals surface area contributed by atoms with Gasteiger partial charge in [-0.25, -0.2) is 9.59 Å². The summed E-state index contributed by atoms with van der Waals surface area (Å²) in [5.41, 5.74) is 2.92. The molecule has 30 nitrogen and oxygen atoms in total. The highest BCUT2D eigenvalue weighted by Crippen LogP contribution is 2.52. The number of rotatable bonds is 21. The third kappa shape index (κ3) is 17.7. The van der Waals surface area contributed by atoms with Gasteiger partial charge in [-0.1, -0.05) is 55.8 Å². The SMILES string of the molecule is COCCOC(=O)N(CC=O)CCOS(=O)(=O)c1ccc(C)cc1.COCCOC(=O)N1CCN2C(C1)OC1C2C[C@H](O[C@H]2C[C@](O)(C(C)=O)Cc3c2cc2c(c3O)C(=O)c3cccc(OC)c3C2=O)C[C@H]1C.COc1cccc2c1C(=O)c1cc3c(c(O)c1C2=O)C[C@@](O)(C(C)=O)C[C@@H]3O[C@H]1CC([NH3+])C(O)[C@H](C)C1.[B].[Cl-]. The van der Waals surface area contributed by atoms with Gasteiger partial charge < -0.3 is 96.0 Å². The van der Waals surface area contributed by atoms with E-state index in [1.54, 1.807) is 60.5 Å². The molecule has 0 bridgehead atoms. The number of Topliss-reactive ketones (excluding diaryl/α,β-unsaturated/α-hetero) is 2. The van der Waals surface area contributed by atoms with E-state index >= 15 is 0 Å². The summed E-state index contributed by atoms with van der Waals surface area (Å²) in [5.74, 6) is -3.26. The number of aryl methyl sites for hydroxylation is 1. The van der Waals surface area contributed by atoms with Crippen LogP contribution in [0, 0.1) is 18.8 Å². The highest BCUT2D eigenvalue weighted by Gasteiger charge is 2.54. The zero-order chi connectivity index (χ0) is 79.6. The summed E-state index contributed by atoms with van der Waals surface area (Å²) in [4.78, 5) is 120. The van der Waals surface area contributed by atoms with Gasteiger partial charge in [-0.3, -0.25) is 42.8 Å². The first-order valence-corrected chi connectivity index (χ1v) is 37.9. The number of aliphatic hydroxyl groups excluding tert-OH is 1. The van der Waals surface area contributed by atoms with Crippen molar-refractivity contribution in [3.8, 4) is 23.0 Å². The fourth-order valence-corrected chi connectivity index (χ4v) is 17.1. The van der Waals surface area contributed by atoms with E-state index in [-0.39, 0.29) is 207 Å². The highest BCUT2D eigenvalue weighted by molar-refractivity contribution is 7.86. The molecule has 5 aromatic rings. The van der Waals surface area contributed by atoms with E-state index in [9.17, 15) is 77.1 Å². The normalized spacial score (nSPS) is 25.9. The number of carbonyl (C=O) groups excluding carboxylic acids is 9. The lowest BCUT2D eigenvalue weighted by molar-refractivity contribution is -0.451. The minimum absolute atomic E-state index is 0. The fraction of sp³-hybridized carbons (Fsp3) is 0.506. The lowest BCUT2D eigenvalue weighted by Crippen LogP contribution is -3.00. The Bertz CT molecular complexity index is 4520. The van der Waals surface area contributed by atoms with E-state index in [1.807, 2.05) is 13.8 Å². The molecular formula is C79H95BClN4O26S. The number of aldehydes is 1. The molecular weight excluding hydrogens is 1500 g/mol. The van der Waals surface area contributed by atoms with Crippen molar-refractivity contribution < 1.29 is 142 Å². The molecule has 8 aliphatic rings. The molecule has 13 atom stereocenters. The molecule has 5 aromatic carbocycles. The number of aliphatic hydroxyl groups is 3. The molecule has 0 aromatic heterocycles. The maximum atomic E-state index is 13.9. The number of nitrogens with zero attached hydrogens (tertiary/aromatic N) is 3. The summed E-state index contributed by atoms with van der Waals surface area (Å²) in [6.45, 7) is 10.0. The van der Waals surface area contributed by atoms with Crippen LogP contribution < -0.4 is 27.6 Å². The lowest BCUT2D eigenvalue weighted by Gasteiger charge is -2.43. The van der Waals surface area contributed by atoms with Gasteiger partial charge in [-0.2, -0.15) is 8.42 Å². The number of ether oxygens (including phenoxy) is 9. The van der Waals surface area contributed by atoms with E-state index in [0.717, 1.165) is 10.5 Å². The van der Waals surface area contributed by atoms with Crippen molar-refractivity contribution in [1.29, 1.82) is 0 Å². The summed E-state index contributed by atoms with van der Waals surface area (Å²) in [6.07, 6.45) is -2.12. The zero-order valence-electron chi connectivity index (χ0n) is 63.8. The van der Waals surface area contributed by atoms with Gasteiger partial charge in [0.25, 0.3) is 10.1 Å². The van der Waals surface area contributed by atoms with Crippen LogP contribution in [0.5, 0.6) is 23.0 Å². The molecule has 2 heterocycles. The standard InChI is InChI=1S/C36H42N2O11.C28H31NO8.C15H21NO7S.B.ClH/c1-18-12-20(13-25-34(18)49-28-17-37(8-9-38(25)28)35(43)47-11-10-45-3)48-27-16-36(44,19(2)39)15-24-22(27)14-23-30(33(24)42)31(40)21-6-5-7-26(46-4)29(21)32(23)41;1-12-7-14(8-19(29)24(12)31)37-21-11-28(35,13(2)30)10-18-16(21)9-17-23(27(18)34)25(32)15-5-4-6-20(36-3)22(15)26(17)33;1-13-3-5-14(6-4-13)24(19,20)23-10-8-16(7-9-17)15(18)22-12-11-21-2;;/h5-7,14,18,20,25,27-28,34,42,44H,8-13,15-17H2,1-4H3;4-6,9,12,14,19,21,24,31,34-35H,7-8,10-11,29H2,1-3H3;3-6,9H,7-8,10-12H2,1-2H3;;1H/t18-,20-,25?,27+,28?,34?,36+;12-,14-,19?,21+,24?,28+;;;/m11.../s1. The minimum Gasteiger partial charge on any atom is -1.00 e. The summed E-state index contributed by atoms with van der Waals surface area (Å²) in [7, 11) is 1.92. The second-order valence-electron chi connectivity index (χ2n) is 29.3. The van der Waals surface area contributed by atoms with Gasteiger partial charge in [0.05, 0.1) is 105 Å². The van der Waals surface area contributed by atoms with Crippen molar-refractivity contribution >= 4 is 71.7 Å². The summed E-state index contributed by atoms with van der Waals surface area (Å²) in [6, 6.07) is 18.5. The Morgan fingerprint density at radius 1 is 0.661 bits per heavy atom. The average molecular weight is 1590 g/mol. The summed E-state index contributed by atoms with van der Waals surface area (Å²) >= 11 is 0. The van der Waals surface area contributed by atoms with Crippen molar-refractivity contribution in [2.75, 3.05) is 94.2 Å². The lowest BCUT2D eigenvalue weighted by atomic mass is 9.72. The van der Waals surface area contributed by atoms with Gasteiger partial charge in [0.1, 0.15) is 72.1 Å². The van der Waals surface area contributed by atoms with Crippen LogP contribution in [0.1, 0.15) is 170 Å². The minimum atomic E-state index is -3.92. The topological polar surface area (TPSA) is 419 Å². The second-order valence-corrected chi connectivity index (χ2v) is 30.9. The molecule has 603 valence electrons. The highest BCUT2D eigenvalue weighted by atomic mass is 35.5. The molecule has 6 aliphatic carbocycles. The first-order valence-electron chi connectivity index (χ1n) is 36.5. The number of fused-ring (bicyclic) bond motifs is 9. The molecule has 33 heteroatoms. The van der Waals surface area contributed by atoms with Crippen molar-refractivity contribution in [2.45, 2.75) is 157 Å². The number of methoxy groups -OCH3 is 4. The summed E-state index contributed by atoms with van der Waals surface area (Å²) < 4.78 is 79.3. The van der Waals surface area contributed by atoms with Crippen LogP contribution in [0.15, 0.2) is 77.7 Å².